The summed E-state index contributed by atoms with van der Waals surface area (Å²) in [5.41, 5.74) is 5.38. The van der Waals surface area contributed by atoms with Crippen LogP contribution in [0.25, 0.3) is 10.9 Å². The van der Waals surface area contributed by atoms with Crippen molar-refractivity contribution >= 4 is 22.8 Å². The van der Waals surface area contributed by atoms with Crippen LogP contribution in [0.4, 0.5) is 4.39 Å². The van der Waals surface area contributed by atoms with E-state index < -0.39 is 5.97 Å². The zero-order chi connectivity index (χ0) is 22.4. The molecule has 2 aliphatic rings. The van der Waals surface area contributed by atoms with Gasteiger partial charge in [-0.3, -0.25) is 9.59 Å². The molecule has 1 heterocycles. The van der Waals surface area contributed by atoms with Crippen LogP contribution in [0.15, 0.2) is 42.5 Å². The van der Waals surface area contributed by atoms with Crippen LogP contribution in [0.3, 0.4) is 0 Å². The lowest BCUT2D eigenvalue weighted by Gasteiger charge is -2.32. The lowest BCUT2D eigenvalue weighted by molar-refractivity contribution is -0.137. The number of benzene rings is 2. The minimum Gasteiger partial charge on any atom is -0.480 e. The number of carboxylic acid groups (broad SMARTS) is 1. The monoisotopic (exact) mass is 434 g/mol. The molecule has 5 rings (SSSR count). The SMILES string of the molecule is CN(C(=O)CC1Cc2ccccc2C1)C1CCc2c(c3cc(F)ccc3n2CC(=O)O)C1. The highest BCUT2D eigenvalue weighted by Crippen LogP contribution is 2.35. The van der Waals surface area contributed by atoms with Crippen molar-refractivity contribution in [1.82, 2.24) is 9.47 Å². The molecule has 1 unspecified atom stereocenters. The van der Waals surface area contributed by atoms with Gasteiger partial charge in [0.05, 0.1) is 0 Å². The molecule has 2 aliphatic carbocycles. The Balaban J connectivity index is 1.34. The van der Waals surface area contributed by atoms with Crippen LogP contribution in [0.2, 0.25) is 0 Å². The first-order valence-corrected chi connectivity index (χ1v) is 11.2. The fourth-order valence-corrected chi connectivity index (χ4v) is 5.64. The summed E-state index contributed by atoms with van der Waals surface area (Å²) in [5.74, 6) is -0.758. The van der Waals surface area contributed by atoms with Crippen molar-refractivity contribution in [3.8, 4) is 0 Å². The number of likely N-dealkylation sites (N-methyl/N-ethyl adjacent to an activating group) is 1. The second kappa shape index (κ2) is 8.08. The van der Waals surface area contributed by atoms with Crippen LogP contribution in [0.5, 0.6) is 0 Å². The summed E-state index contributed by atoms with van der Waals surface area (Å²) in [4.78, 5) is 26.4. The molecule has 0 aliphatic heterocycles. The molecule has 1 atom stereocenters. The van der Waals surface area contributed by atoms with Crippen molar-refractivity contribution in [3.05, 3.63) is 70.7 Å². The van der Waals surface area contributed by atoms with E-state index >= 15 is 0 Å². The first-order chi connectivity index (χ1) is 15.4. The maximum absolute atomic E-state index is 14.0. The second-order valence-electron chi connectivity index (χ2n) is 9.21. The van der Waals surface area contributed by atoms with Crippen LogP contribution < -0.4 is 0 Å². The van der Waals surface area contributed by atoms with E-state index in [1.54, 1.807) is 10.6 Å². The molecular weight excluding hydrogens is 407 g/mol. The summed E-state index contributed by atoms with van der Waals surface area (Å²) >= 11 is 0. The Bertz CT molecular complexity index is 1190. The van der Waals surface area contributed by atoms with Crippen LogP contribution in [-0.2, 0) is 41.8 Å². The number of amides is 1. The Labute approximate surface area is 186 Å². The van der Waals surface area contributed by atoms with E-state index in [4.69, 9.17) is 0 Å². The maximum atomic E-state index is 14.0. The van der Waals surface area contributed by atoms with Gasteiger partial charge in [-0.05, 0) is 72.9 Å². The van der Waals surface area contributed by atoms with E-state index in [1.165, 1.54) is 23.3 Å². The van der Waals surface area contributed by atoms with Crippen LogP contribution in [-0.4, -0.2) is 39.5 Å². The number of hydrogen-bond acceptors (Lipinski definition) is 2. The van der Waals surface area contributed by atoms with E-state index in [2.05, 4.69) is 24.3 Å². The highest BCUT2D eigenvalue weighted by atomic mass is 19.1. The molecule has 0 fully saturated rings. The average molecular weight is 435 g/mol. The zero-order valence-electron chi connectivity index (χ0n) is 18.2. The summed E-state index contributed by atoms with van der Waals surface area (Å²) < 4.78 is 15.8. The summed E-state index contributed by atoms with van der Waals surface area (Å²) in [7, 11) is 1.87. The van der Waals surface area contributed by atoms with Crippen molar-refractivity contribution < 1.29 is 19.1 Å². The van der Waals surface area contributed by atoms with Gasteiger partial charge in [-0.1, -0.05) is 24.3 Å². The molecule has 0 saturated heterocycles. The molecule has 32 heavy (non-hydrogen) atoms. The van der Waals surface area contributed by atoms with E-state index in [1.807, 2.05) is 11.9 Å². The van der Waals surface area contributed by atoms with Gasteiger partial charge < -0.3 is 14.6 Å². The first kappa shape index (κ1) is 20.7. The van der Waals surface area contributed by atoms with Gasteiger partial charge in [-0.2, -0.15) is 0 Å². The number of aromatic nitrogens is 1. The molecule has 1 aromatic heterocycles. The van der Waals surface area contributed by atoms with Gasteiger partial charge in [-0.15, -0.1) is 0 Å². The summed E-state index contributed by atoms with van der Waals surface area (Å²) in [5, 5.41) is 10.1. The van der Waals surface area contributed by atoms with Crippen molar-refractivity contribution in [1.29, 1.82) is 0 Å². The minimum absolute atomic E-state index is 0.0333. The van der Waals surface area contributed by atoms with E-state index in [0.717, 1.165) is 41.4 Å². The first-order valence-electron chi connectivity index (χ1n) is 11.2. The molecule has 5 nitrogen and oxygen atoms in total. The number of hydrogen-bond donors (Lipinski definition) is 1. The number of carbonyl (C=O) groups excluding carboxylic acids is 1. The van der Waals surface area contributed by atoms with Crippen molar-refractivity contribution in [2.75, 3.05) is 7.05 Å². The van der Waals surface area contributed by atoms with Gasteiger partial charge >= 0.3 is 5.97 Å². The fourth-order valence-electron chi connectivity index (χ4n) is 5.64. The Morgan fingerprint density at radius 1 is 1.12 bits per heavy atom. The van der Waals surface area contributed by atoms with Gasteiger partial charge in [0.1, 0.15) is 12.4 Å². The Morgan fingerprint density at radius 2 is 1.84 bits per heavy atom. The lowest BCUT2D eigenvalue weighted by atomic mass is 9.90. The summed E-state index contributed by atoms with van der Waals surface area (Å²) in [6.07, 6.45) is 4.51. The number of fused-ring (bicyclic) bond motifs is 4. The van der Waals surface area contributed by atoms with Gasteiger partial charge in [0.2, 0.25) is 5.91 Å². The molecular formula is C26H27FN2O3. The number of rotatable bonds is 5. The van der Waals surface area contributed by atoms with Gasteiger partial charge in [-0.25, -0.2) is 4.39 Å². The number of nitrogens with zero attached hydrogens (tertiary/aromatic N) is 2. The van der Waals surface area contributed by atoms with E-state index in [0.29, 0.717) is 25.2 Å². The van der Waals surface area contributed by atoms with Gasteiger partial charge in [0.15, 0.2) is 0 Å². The smallest absolute Gasteiger partial charge is 0.323 e. The normalized spacial score (nSPS) is 17.9. The Kier molecular flexibility index (Phi) is 5.24. The van der Waals surface area contributed by atoms with E-state index in [-0.39, 0.29) is 24.3 Å². The maximum Gasteiger partial charge on any atom is 0.323 e. The molecule has 0 radical (unpaired) electrons. The fraction of sp³-hybridized carbons (Fsp3) is 0.385. The molecule has 0 spiro atoms. The number of carbonyl (C=O) groups is 2. The van der Waals surface area contributed by atoms with Gasteiger partial charge in [0, 0.05) is 36.1 Å². The third kappa shape index (κ3) is 3.68. The Morgan fingerprint density at radius 3 is 2.53 bits per heavy atom. The predicted molar refractivity (Wildman–Crippen MR) is 120 cm³/mol. The number of aliphatic carboxylic acids is 1. The van der Waals surface area contributed by atoms with Crippen molar-refractivity contribution in [2.24, 2.45) is 5.92 Å². The van der Waals surface area contributed by atoms with Crippen LogP contribution in [0.1, 0.15) is 35.2 Å². The van der Waals surface area contributed by atoms with Gasteiger partial charge in [0.25, 0.3) is 0 Å². The number of halogens is 1. The zero-order valence-corrected chi connectivity index (χ0v) is 18.2. The van der Waals surface area contributed by atoms with Crippen LogP contribution in [0, 0.1) is 11.7 Å². The van der Waals surface area contributed by atoms with Crippen molar-refractivity contribution in [3.63, 3.8) is 0 Å². The Hall–Kier alpha value is -3.15. The molecule has 6 heteroatoms. The molecule has 3 aromatic rings. The summed E-state index contributed by atoms with van der Waals surface area (Å²) in [6, 6.07) is 13.0. The molecule has 2 aromatic carbocycles. The quantitative estimate of drug-likeness (QED) is 0.661. The van der Waals surface area contributed by atoms with Crippen molar-refractivity contribution in [2.45, 2.75) is 51.1 Å². The molecule has 1 amide bonds. The minimum atomic E-state index is -0.916. The largest absolute Gasteiger partial charge is 0.480 e. The topological polar surface area (TPSA) is 62.5 Å². The molecule has 166 valence electrons. The standard InChI is InChI=1S/C26H27FN2O3/c1-28(25(30)12-16-10-17-4-2-3-5-18(17)11-16)20-7-9-24-22(14-20)21-13-19(27)6-8-23(21)29(24)15-26(31)32/h2-6,8,13,16,20H,7,9-12,14-15H2,1H3,(H,31,32). The lowest BCUT2D eigenvalue weighted by Crippen LogP contribution is -2.41. The third-order valence-electron chi connectivity index (χ3n) is 7.24. The van der Waals surface area contributed by atoms with E-state index in [9.17, 15) is 19.1 Å². The van der Waals surface area contributed by atoms with Crippen LogP contribution >= 0.6 is 0 Å². The average Bonchev–Trinajstić information content (AvgIpc) is 3.31. The second-order valence-corrected chi connectivity index (χ2v) is 9.21. The molecule has 1 N–H and O–H groups in total. The third-order valence-corrected chi connectivity index (χ3v) is 7.24. The number of carboxylic acids is 1. The molecule has 0 saturated carbocycles. The highest BCUT2D eigenvalue weighted by Gasteiger charge is 2.32. The predicted octanol–water partition coefficient (Wildman–Crippen LogP) is 3.99. The molecule has 0 bridgehead atoms. The summed E-state index contributed by atoms with van der Waals surface area (Å²) in [6.45, 7) is -0.140. The highest BCUT2D eigenvalue weighted by molar-refractivity contribution is 5.87.